The first-order valence-electron chi connectivity index (χ1n) is 7.30. The standard InChI is InChI=1S/C16H18N4O4/c1-9(2)13(16(23)24)18-15(22)11-8-12(14(17)21)20(19-11)10-6-4-3-5-7-10/h3-9,13H,1-2H3,(H2,17,21)(H,18,22)(H,23,24)/t13-/m0/s1. The Morgan fingerprint density at radius 1 is 1.21 bits per heavy atom. The van der Waals surface area contributed by atoms with Gasteiger partial charge in [-0.15, -0.1) is 0 Å². The number of hydrogen-bond donors (Lipinski definition) is 3. The molecule has 2 aromatic rings. The van der Waals surface area contributed by atoms with Gasteiger partial charge in [-0.25, -0.2) is 9.48 Å². The van der Waals surface area contributed by atoms with Crippen molar-refractivity contribution >= 4 is 17.8 Å². The van der Waals surface area contributed by atoms with Crippen LogP contribution in [0.1, 0.15) is 34.8 Å². The maximum absolute atomic E-state index is 12.3. The number of nitrogens with one attached hydrogen (secondary N) is 1. The summed E-state index contributed by atoms with van der Waals surface area (Å²) >= 11 is 0. The molecule has 8 heteroatoms. The highest BCUT2D eigenvalue weighted by Crippen LogP contribution is 2.13. The summed E-state index contributed by atoms with van der Waals surface area (Å²) < 4.78 is 1.25. The van der Waals surface area contributed by atoms with Gasteiger partial charge in [-0.1, -0.05) is 32.0 Å². The molecule has 0 aliphatic heterocycles. The Balaban J connectivity index is 2.36. The molecule has 2 amide bonds. The molecule has 0 bridgehead atoms. The van der Waals surface area contributed by atoms with Crippen molar-refractivity contribution in [3.8, 4) is 5.69 Å². The smallest absolute Gasteiger partial charge is 0.326 e. The fraction of sp³-hybridized carbons (Fsp3) is 0.250. The number of para-hydroxylation sites is 1. The summed E-state index contributed by atoms with van der Waals surface area (Å²) in [5.41, 5.74) is 5.84. The predicted octanol–water partition coefficient (Wildman–Crippen LogP) is 0.810. The van der Waals surface area contributed by atoms with Crippen LogP contribution in [0.2, 0.25) is 0 Å². The average molecular weight is 330 g/mol. The Morgan fingerprint density at radius 2 is 1.83 bits per heavy atom. The first kappa shape index (κ1) is 17.2. The van der Waals surface area contributed by atoms with Gasteiger partial charge in [-0.05, 0) is 18.1 Å². The first-order valence-corrected chi connectivity index (χ1v) is 7.30. The van der Waals surface area contributed by atoms with E-state index in [1.807, 2.05) is 0 Å². The van der Waals surface area contributed by atoms with Crippen LogP contribution in [0.3, 0.4) is 0 Å². The van der Waals surface area contributed by atoms with E-state index in [4.69, 9.17) is 10.8 Å². The topological polar surface area (TPSA) is 127 Å². The van der Waals surface area contributed by atoms with Crippen molar-refractivity contribution in [1.82, 2.24) is 15.1 Å². The second kappa shape index (κ2) is 6.95. The summed E-state index contributed by atoms with van der Waals surface area (Å²) in [6.07, 6.45) is 0. The molecule has 0 unspecified atom stereocenters. The van der Waals surface area contributed by atoms with Crippen molar-refractivity contribution < 1.29 is 19.5 Å². The minimum Gasteiger partial charge on any atom is -0.480 e. The van der Waals surface area contributed by atoms with Crippen LogP contribution < -0.4 is 11.1 Å². The molecule has 0 saturated heterocycles. The van der Waals surface area contributed by atoms with Crippen molar-refractivity contribution in [3.63, 3.8) is 0 Å². The average Bonchev–Trinajstić information content (AvgIpc) is 2.98. The van der Waals surface area contributed by atoms with Crippen LogP contribution >= 0.6 is 0 Å². The summed E-state index contributed by atoms with van der Waals surface area (Å²) in [6.45, 7) is 3.35. The number of carboxylic acids is 1. The fourth-order valence-electron chi connectivity index (χ4n) is 2.16. The number of primary amides is 1. The summed E-state index contributed by atoms with van der Waals surface area (Å²) in [6, 6.07) is 8.89. The Morgan fingerprint density at radius 3 is 2.33 bits per heavy atom. The second-order valence-corrected chi connectivity index (χ2v) is 5.56. The van der Waals surface area contributed by atoms with Gasteiger partial charge in [0.25, 0.3) is 11.8 Å². The Bertz CT molecular complexity index is 768. The van der Waals surface area contributed by atoms with E-state index in [9.17, 15) is 14.4 Å². The number of nitrogens with zero attached hydrogens (tertiary/aromatic N) is 2. The summed E-state index contributed by atoms with van der Waals surface area (Å²) in [4.78, 5) is 35.1. The lowest BCUT2D eigenvalue weighted by molar-refractivity contribution is -0.140. The van der Waals surface area contributed by atoms with Gasteiger partial charge < -0.3 is 16.2 Å². The SMILES string of the molecule is CC(C)[C@H](NC(=O)c1cc(C(N)=O)n(-c2ccccc2)n1)C(=O)O. The van der Waals surface area contributed by atoms with Gasteiger partial charge in [0, 0.05) is 6.07 Å². The Labute approximate surface area is 138 Å². The van der Waals surface area contributed by atoms with Crippen molar-refractivity contribution in [2.24, 2.45) is 11.7 Å². The zero-order valence-electron chi connectivity index (χ0n) is 13.3. The highest BCUT2D eigenvalue weighted by molar-refractivity contribution is 5.99. The van der Waals surface area contributed by atoms with E-state index in [1.54, 1.807) is 44.2 Å². The first-order chi connectivity index (χ1) is 11.3. The van der Waals surface area contributed by atoms with Crippen LogP contribution in [0.25, 0.3) is 5.69 Å². The molecule has 0 fully saturated rings. The molecule has 1 heterocycles. The molecule has 0 saturated carbocycles. The molecular weight excluding hydrogens is 312 g/mol. The third-order valence-corrected chi connectivity index (χ3v) is 3.41. The zero-order chi connectivity index (χ0) is 17.9. The maximum Gasteiger partial charge on any atom is 0.326 e. The number of rotatable bonds is 6. The molecule has 2 rings (SSSR count). The zero-order valence-corrected chi connectivity index (χ0v) is 13.3. The number of aromatic nitrogens is 2. The lowest BCUT2D eigenvalue weighted by atomic mass is 10.0. The van der Waals surface area contributed by atoms with Crippen molar-refractivity contribution in [3.05, 3.63) is 47.8 Å². The normalized spacial score (nSPS) is 12.0. The van der Waals surface area contributed by atoms with E-state index in [1.165, 1.54) is 10.7 Å². The largest absolute Gasteiger partial charge is 0.480 e. The van der Waals surface area contributed by atoms with Crippen LogP contribution in [0.15, 0.2) is 36.4 Å². The van der Waals surface area contributed by atoms with E-state index in [-0.39, 0.29) is 17.3 Å². The van der Waals surface area contributed by atoms with Gasteiger partial charge >= 0.3 is 5.97 Å². The van der Waals surface area contributed by atoms with Gasteiger partial charge in [0.1, 0.15) is 11.7 Å². The van der Waals surface area contributed by atoms with Gasteiger partial charge in [-0.3, -0.25) is 9.59 Å². The predicted molar refractivity (Wildman–Crippen MR) is 85.8 cm³/mol. The Hall–Kier alpha value is -3.16. The van der Waals surface area contributed by atoms with Crippen LogP contribution in [0.5, 0.6) is 0 Å². The molecule has 1 atom stereocenters. The van der Waals surface area contributed by atoms with Crippen molar-refractivity contribution in [2.75, 3.05) is 0 Å². The molecule has 0 aliphatic carbocycles. The molecule has 0 aliphatic rings. The van der Waals surface area contributed by atoms with E-state index in [0.29, 0.717) is 5.69 Å². The molecule has 24 heavy (non-hydrogen) atoms. The molecule has 126 valence electrons. The number of hydrogen-bond acceptors (Lipinski definition) is 4. The number of amides is 2. The van der Waals surface area contributed by atoms with Gasteiger partial charge in [0.2, 0.25) is 0 Å². The number of aliphatic carboxylic acids is 1. The van der Waals surface area contributed by atoms with E-state index in [2.05, 4.69) is 10.4 Å². The molecule has 4 N–H and O–H groups in total. The van der Waals surface area contributed by atoms with Crippen LogP contribution in [-0.4, -0.2) is 38.7 Å². The van der Waals surface area contributed by atoms with Crippen LogP contribution in [0.4, 0.5) is 0 Å². The minimum atomic E-state index is -1.14. The highest BCUT2D eigenvalue weighted by Gasteiger charge is 2.26. The van der Waals surface area contributed by atoms with Gasteiger partial charge in [0.05, 0.1) is 5.69 Å². The van der Waals surface area contributed by atoms with E-state index < -0.39 is 23.8 Å². The molecule has 0 radical (unpaired) electrons. The van der Waals surface area contributed by atoms with E-state index in [0.717, 1.165) is 0 Å². The van der Waals surface area contributed by atoms with Gasteiger partial charge in [0.15, 0.2) is 5.69 Å². The molecule has 8 nitrogen and oxygen atoms in total. The second-order valence-electron chi connectivity index (χ2n) is 5.56. The van der Waals surface area contributed by atoms with Crippen molar-refractivity contribution in [2.45, 2.75) is 19.9 Å². The number of carboxylic acid groups (broad SMARTS) is 1. The maximum atomic E-state index is 12.3. The van der Waals surface area contributed by atoms with Crippen molar-refractivity contribution in [1.29, 1.82) is 0 Å². The molecule has 0 spiro atoms. The summed E-state index contributed by atoms with van der Waals surface area (Å²) in [7, 11) is 0. The lowest BCUT2D eigenvalue weighted by Gasteiger charge is -2.16. The molecule has 1 aromatic heterocycles. The Kier molecular flexibility index (Phi) is 4.98. The third kappa shape index (κ3) is 3.60. The fourth-order valence-corrected chi connectivity index (χ4v) is 2.16. The highest BCUT2D eigenvalue weighted by atomic mass is 16.4. The van der Waals surface area contributed by atoms with E-state index >= 15 is 0 Å². The lowest BCUT2D eigenvalue weighted by Crippen LogP contribution is -2.44. The number of carbonyl (C=O) groups is 3. The minimum absolute atomic E-state index is 0.0303. The third-order valence-electron chi connectivity index (χ3n) is 3.41. The summed E-state index contributed by atoms with van der Waals surface area (Å²) in [5.74, 6) is -2.88. The number of benzene rings is 1. The number of nitrogens with two attached hydrogens (primary N) is 1. The quantitative estimate of drug-likeness (QED) is 0.722. The molecule has 1 aromatic carbocycles. The van der Waals surface area contributed by atoms with Crippen LogP contribution in [-0.2, 0) is 4.79 Å². The van der Waals surface area contributed by atoms with Gasteiger partial charge in [-0.2, -0.15) is 5.10 Å². The number of carbonyl (C=O) groups excluding carboxylic acids is 2. The monoisotopic (exact) mass is 330 g/mol. The summed E-state index contributed by atoms with van der Waals surface area (Å²) in [5, 5.41) is 15.6. The molecular formula is C16H18N4O4. The van der Waals surface area contributed by atoms with Crippen LogP contribution in [0, 0.1) is 5.92 Å².